The number of hydrogen-bond donors (Lipinski definition) is 2. The maximum Gasteiger partial charge on any atom is 0.335 e. The van der Waals surface area contributed by atoms with Gasteiger partial charge in [-0.3, -0.25) is 0 Å². The molecule has 1 atom stereocenters. The lowest BCUT2D eigenvalue weighted by molar-refractivity contribution is 0.0696. The topological polar surface area (TPSA) is 71.5 Å². The van der Waals surface area contributed by atoms with Gasteiger partial charge >= 0.3 is 5.97 Å². The normalized spacial score (nSPS) is 12.2. The average molecular weight is 224 g/mol. The summed E-state index contributed by atoms with van der Waals surface area (Å²) in [7, 11) is 1.62. The van der Waals surface area contributed by atoms with Gasteiger partial charge in [0.1, 0.15) is 5.82 Å². The van der Waals surface area contributed by atoms with Gasteiger partial charge in [-0.05, 0) is 26.0 Å². The number of pyridine rings is 1. The number of carboxylic acid groups (broad SMARTS) is 1. The van der Waals surface area contributed by atoms with E-state index in [1.807, 2.05) is 6.92 Å². The highest BCUT2D eigenvalue weighted by Crippen LogP contribution is 2.10. The molecule has 0 spiro atoms. The van der Waals surface area contributed by atoms with Gasteiger partial charge in [-0.2, -0.15) is 0 Å². The number of nitrogens with one attached hydrogen (secondary N) is 1. The summed E-state index contributed by atoms with van der Waals surface area (Å²) in [5, 5.41) is 11.9. The fourth-order valence-electron chi connectivity index (χ4n) is 1.21. The molecule has 0 bridgehead atoms. The summed E-state index contributed by atoms with van der Waals surface area (Å²) in [6.45, 7) is 4.27. The van der Waals surface area contributed by atoms with Crippen LogP contribution in [0.25, 0.3) is 0 Å². The molecule has 1 unspecified atom stereocenters. The molecule has 0 aliphatic heterocycles. The number of rotatable bonds is 5. The van der Waals surface area contributed by atoms with Gasteiger partial charge in [0.05, 0.1) is 11.7 Å². The minimum absolute atomic E-state index is 0.0515. The highest BCUT2D eigenvalue weighted by molar-refractivity contribution is 5.88. The number of methoxy groups -OCH3 is 1. The fraction of sp³-hybridized carbons (Fsp3) is 0.455. The van der Waals surface area contributed by atoms with Crippen LogP contribution in [-0.2, 0) is 4.74 Å². The van der Waals surface area contributed by atoms with Crippen LogP contribution in [0.1, 0.15) is 23.0 Å². The zero-order valence-electron chi connectivity index (χ0n) is 9.65. The van der Waals surface area contributed by atoms with Gasteiger partial charge in [-0.15, -0.1) is 0 Å². The second-order valence-electron chi connectivity index (χ2n) is 3.61. The summed E-state index contributed by atoms with van der Waals surface area (Å²) in [5.41, 5.74) is 0.910. The molecule has 16 heavy (non-hydrogen) atoms. The number of carboxylic acids is 1. The van der Waals surface area contributed by atoms with Crippen molar-refractivity contribution < 1.29 is 14.6 Å². The van der Waals surface area contributed by atoms with Crippen molar-refractivity contribution in [1.29, 1.82) is 0 Å². The zero-order chi connectivity index (χ0) is 12.1. The molecule has 1 heterocycles. The number of aryl methyl sites for hydroxylation is 1. The molecule has 0 aliphatic carbocycles. The first-order valence-corrected chi connectivity index (χ1v) is 5.01. The predicted molar refractivity (Wildman–Crippen MR) is 60.9 cm³/mol. The van der Waals surface area contributed by atoms with Gasteiger partial charge in [0.15, 0.2) is 0 Å². The number of hydrogen-bond acceptors (Lipinski definition) is 4. The predicted octanol–water partition coefficient (Wildman–Crippen LogP) is 1.54. The Labute approximate surface area is 94.5 Å². The lowest BCUT2D eigenvalue weighted by Gasteiger charge is -2.12. The third-order valence-electron chi connectivity index (χ3n) is 2.17. The molecule has 0 amide bonds. The standard InChI is InChI=1S/C11H16N2O3/c1-7-4-9(11(14)15)5-10(13-7)12-6-8(2)16-3/h4-5,8H,6H2,1-3H3,(H,12,13)(H,14,15). The molecule has 88 valence electrons. The Morgan fingerprint density at radius 2 is 2.31 bits per heavy atom. The minimum Gasteiger partial charge on any atom is -0.478 e. The lowest BCUT2D eigenvalue weighted by Crippen LogP contribution is -2.19. The van der Waals surface area contributed by atoms with Crippen LogP contribution in [0.5, 0.6) is 0 Å². The van der Waals surface area contributed by atoms with Crippen molar-refractivity contribution in [3.8, 4) is 0 Å². The Morgan fingerprint density at radius 1 is 1.62 bits per heavy atom. The van der Waals surface area contributed by atoms with Crippen LogP contribution in [0.2, 0.25) is 0 Å². The molecule has 0 saturated carbocycles. The number of nitrogens with zero attached hydrogens (tertiary/aromatic N) is 1. The second kappa shape index (κ2) is 5.46. The van der Waals surface area contributed by atoms with E-state index in [9.17, 15) is 4.79 Å². The van der Waals surface area contributed by atoms with Crippen LogP contribution >= 0.6 is 0 Å². The van der Waals surface area contributed by atoms with Crippen LogP contribution in [0, 0.1) is 6.92 Å². The quantitative estimate of drug-likeness (QED) is 0.793. The van der Waals surface area contributed by atoms with Gasteiger partial charge in [0, 0.05) is 19.3 Å². The summed E-state index contributed by atoms with van der Waals surface area (Å²) < 4.78 is 5.07. The molecule has 0 fully saturated rings. The van der Waals surface area contributed by atoms with Gasteiger partial charge in [-0.1, -0.05) is 0 Å². The number of aromatic nitrogens is 1. The number of aromatic carboxylic acids is 1. The molecule has 0 aromatic carbocycles. The number of ether oxygens (including phenoxy) is 1. The van der Waals surface area contributed by atoms with Crippen molar-refractivity contribution in [2.45, 2.75) is 20.0 Å². The van der Waals surface area contributed by atoms with Crippen LogP contribution in [0.4, 0.5) is 5.82 Å². The summed E-state index contributed by atoms with van der Waals surface area (Å²) in [6, 6.07) is 3.05. The monoisotopic (exact) mass is 224 g/mol. The van der Waals surface area contributed by atoms with Crippen molar-refractivity contribution in [2.75, 3.05) is 19.0 Å². The van der Waals surface area contributed by atoms with Crippen molar-refractivity contribution in [3.05, 3.63) is 23.4 Å². The highest BCUT2D eigenvalue weighted by Gasteiger charge is 2.07. The molecule has 0 aliphatic rings. The van der Waals surface area contributed by atoms with Gasteiger partial charge in [0.25, 0.3) is 0 Å². The first-order valence-electron chi connectivity index (χ1n) is 5.01. The maximum absolute atomic E-state index is 10.8. The Bertz CT molecular complexity index is 379. The Kier molecular flexibility index (Phi) is 4.25. The van der Waals surface area contributed by atoms with E-state index in [-0.39, 0.29) is 11.7 Å². The van der Waals surface area contributed by atoms with Crippen LogP contribution in [0.15, 0.2) is 12.1 Å². The fourth-order valence-corrected chi connectivity index (χ4v) is 1.21. The maximum atomic E-state index is 10.8. The van der Waals surface area contributed by atoms with Crippen molar-refractivity contribution in [2.24, 2.45) is 0 Å². The first-order chi connectivity index (χ1) is 7.52. The zero-order valence-corrected chi connectivity index (χ0v) is 9.65. The Morgan fingerprint density at radius 3 is 2.88 bits per heavy atom. The van der Waals surface area contributed by atoms with Crippen LogP contribution in [-0.4, -0.2) is 35.8 Å². The molecule has 0 radical (unpaired) electrons. The summed E-state index contributed by atoms with van der Waals surface area (Å²) in [4.78, 5) is 15.0. The third kappa shape index (κ3) is 3.51. The minimum atomic E-state index is -0.951. The van der Waals surface area contributed by atoms with Gasteiger partial charge < -0.3 is 15.2 Å². The second-order valence-corrected chi connectivity index (χ2v) is 3.61. The van der Waals surface area contributed by atoms with E-state index < -0.39 is 5.97 Å². The smallest absolute Gasteiger partial charge is 0.335 e. The molecule has 5 nitrogen and oxygen atoms in total. The molecule has 1 aromatic heterocycles. The van der Waals surface area contributed by atoms with Gasteiger partial charge in [-0.25, -0.2) is 9.78 Å². The van der Waals surface area contributed by atoms with E-state index >= 15 is 0 Å². The SMILES string of the molecule is COC(C)CNc1cc(C(=O)O)cc(C)n1. The Balaban J connectivity index is 2.76. The molecular formula is C11H16N2O3. The Hall–Kier alpha value is -1.62. The number of anilines is 1. The molecular weight excluding hydrogens is 208 g/mol. The molecule has 0 saturated heterocycles. The third-order valence-corrected chi connectivity index (χ3v) is 2.17. The molecule has 5 heteroatoms. The molecule has 2 N–H and O–H groups in total. The first kappa shape index (κ1) is 12.4. The van der Waals surface area contributed by atoms with Crippen molar-refractivity contribution in [1.82, 2.24) is 4.98 Å². The van der Waals surface area contributed by atoms with Crippen molar-refractivity contribution in [3.63, 3.8) is 0 Å². The van der Waals surface area contributed by atoms with Crippen LogP contribution in [0.3, 0.4) is 0 Å². The largest absolute Gasteiger partial charge is 0.478 e. The van der Waals surface area contributed by atoms with Crippen LogP contribution < -0.4 is 5.32 Å². The average Bonchev–Trinajstić information content (AvgIpc) is 2.25. The van der Waals surface area contributed by atoms with E-state index in [4.69, 9.17) is 9.84 Å². The number of carbonyl (C=O) groups is 1. The lowest BCUT2D eigenvalue weighted by atomic mass is 10.2. The van der Waals surface area contributed by atoms with Gasteiger partial charge in [0.2, 0.25) is 0 Å². The van der Waals surface area contributed by atoms with E-state index in [2.05, 4.69) is 10.3 Å². The summed E-state index contributed by atoms with van der Waals surface area (Å²) >= 11 is 0. The molecule has 1 rings (SSSR count). The molecule has 1 aromatic rings. The summed E-state index contributed by atoms with van der Waals surface area (Å²) in [6.07, 6.45) is 0.0515. The van der Waals surface area contributed by atoms with Crippen molar-refractivity contribution >= 4 is 11.8 Å². The summed E-state index contributed by atoms with van der Waals surface area (Å²) in [5.74, 6) is -0.394. The van der Waals surface area contributed by atoms with E-state index in [1.54, 1.807) is 14.0 Å². The van der Waals surface area contributed by atoms with E-state index in [0.717, 1.165) is 0 Å². The van der Waals surface area contributed by atoms with E-state index in [0.29, 0.717) is 18.1 Å². The van der Waals surface area contributed by atoms with E-state index in [1.165, 1.54) is 12.1 Å². The highest BCUT2D eigenvalue weighted by atomic mass is 16.5.